The highest BCUT2D eigenvalue weighted by Crippen LogP contribution is 2.29. The fraction of sp³-hybridized carbons (Fsp3) is 0.250. The maximum Gasteiger partial charge on any atom is 0.142 e. The highest BCUT2D eigenvalue weighted by Gasteiger charge is 2.09. The second-order valence-electron chi connectivity index (χ2n) is 4.62. The van der Waals surface area contributed by atoms with E-state index in [-0.39, 0.29) is 11.9 Å². The lowest BCUT2D eigenvalue weighted by molar-refractivity contribution is 0.416. The average Bonchev–Trinajstić information content (AvgIpc) is 2.40. The summed E-state index contributed by atoms with van der Waals surface area (Å²) in [6.07, 6.45) is 0. The molecule has 0 radical (unpaired) electrons. The van der Waals surface area contributed by atoms with Crippen LogP contribution in [0.5, 0.6) is 5.75 Å². The first kappa shape index (κ1) is 13.4. The van der Waals surface area contributed by atoms with E-state index < -0.39 is 0 Å². The lowest BCUT2D eigenvalue weighted by Gasteiger charge is -2.18. The summed E-state index contributed by atoms with van der Waals surface area (Å²) < 4.78 is 18.6. The minimum atomic E-state index is -0.220. The summed E-state index contributed by atoms with van der Waals surface area (Å²) in [4.78, 5) is 0. The molecule has 2 aromatic rings. The molecule has 0 amide bonds. The van der Waals surface area contributed by atoms with Crippen molar-refractivity contribution in [3.63, 3.8) is 0 Å². The quantitative estimate of drug-likeness (QED) is 0.883. The molecule has 2 rings (SSSR count). The first-order valence-electron chi connectivity index (χ1n) is 6.27. The van der Waals surface area contributed by atoms with Gasteiger partial charge in [-0.1, -0.05) is 18.2 Å². The predicted octanol–water partition coefficient (Wildman–Crippen LogP) is 4.32. The largest absolute Gasteiger partial charge is 0.495 e. The van der Waals surface area contributed by atoms with Crippen LogP contribution < -0.4 is 10.1 Å². The number of nitrogens with one attached hydrogen (secondary N) is 1. The van der Waals surface area contributed by atoms with E-state index in [2.05, 4.69) is 5.32 Å². The molecule has 100 valence electrons. The second kappa shape index (κ2) is 5.74. The van der Waals surface area contributed by atoms with Crippen LogP contribution in [0, 0.1) is 12.7 Å². The van der Waals surface area contributed by atoms with E-state index in [1.807, 2.05) is 38.1 Å². The molecule has 0 aliphatic heterocycles. The van der Waals surface area contributed by atoms with Crippen molar-refractivity contribution in [3.8, 4) is 5.75 Å². The highest BCUT2D eigenvalue weighted by atomic mass is 19.1. The van der Waals surface area contributed by atoms with Crippen LogP contribution >= 0.6 is 0 Å². The first-order chi connectivity index (χ1) is 9.10. The van der Waals surface area contributed by atoms with Gasteiger partial charge in [-0.3, -0.25) is 0 Å². The molecule has 2 nitrogen and oxygen atoms in total. The van der Waals surface area contributed by atoms with Crippen molar-refractivity contribution in [2.45, 2.75) is 19.9 Å². The zero-order valence-electron chi connectivity index (χ0n) is 11.4. The second-order valence-corrected chi connectivity index (χ2v) is 4.62. The molecule has 0 bridgehead atoms. The molecule has 19 heavy (non-hydrogen) atoms. The van der Waals surface area contributed by atoms with Crippen LogP contribution in [0.2, 0.25) is 0 Å². The number of hydrogen-bond donors (Lipinski definition) is 1. The molecule has 0 aromatic heterocycles. The standard InChI is InChI=1S/C16H18FNO/c1-11-7-8-15(16(9-11)19-3)18-12(2)13-5-4-6-14(17)10-13/h4-10,12,18H,1-3H3. The number of hydrogen-bond acceptors (Lipinski definition) is 2. The van der Waals surface area contributed by atoms with Gasteiger partial charge in [-0.25, -0.2) is 4.39 Å². The third-order valence-electron chi connectivity index (χ3n) is 3.08. The molecule has 0 fully saturated rings. The Morgan fingerprint density at radius 2 is 1.95 bits per heavy atom. The van der Waals surface area contributed by atoms with Crippen molar-refractivity contribution < 1.29 is 9.13 Å². The third-order valence-corrected chi connectivity index (χ3v) is 3.08. The molecule has 1 atom stereocenters. The minimum absolute atomic E-state index is 0.00676. The van der Waals surface area contributed by atoms with Crippen LogP contribution in [-0.2, 0) is 0 Å². The number of halogens is 1. The monoisotopic (exact) mass is 259 g/mol. The molecule has 0 heterocycles. The zero-order chi connectivity index (χ0) is 13.8. The summed E-state index contributed by atoms with van der Waals surface area (Å²) >= 11 is 0. The Kier molecular flexibility index (Phi) is 4.05. The van der Waals surface area contributed by atoms with E-state index in [1.165, 1.54) is 6.07 Å². The van der Waals surface area contributed by atoms with Gasteiger partial charge in [0.25, 0.3) is 0 Å². The van der Waals surface area contributed by atoms with E-state index in [9.17, 15) is 4.39 Å². The van der Waals surface area contributed by atoms with Gasteiger partial charge in [-0.2, -0.15) is 0 Å². The van der Waals surface area contributed by atoms with E-state index in [0.29, 0.717) is 0 Å². The van der Waals surface area contributed by atoms with Crippen molar-refractivity contribution >= 4 is 5.69 Å². The average molecular weight is 259 g/mol. The van der Waals surface area contributed by atoms with Crippen LogP contribution in [0.1, 0.15) is 24.1 Å². The van der Waals surface area contributed by atoms with Crippen LogP contribution in [0.25, 0.3) is 0 Å². The molecule has 0 aliphatic rings. The van der Waals surface area contributed by atoms with E-state index >= 15 is 0 Å². The third kappa shape index (κ3) is 3.25. The Morgan fingerprint density at radius 1 is 1.16 bits per heavy atom. The molecular weight excluding hydrogens is 241 g/mol. The van der Waals surface area contributed by atoms with Crippen molar-refractivity contribution in [2.75, 3.05) is 12.4 Å². The summed E-state index contributed by atoms with van der Waals surface area (Å²) in [7, 11) is 1.65. The molecule has 2 aromatic carbocycles. The van der Waals surface area contributed by atoms with E-state index in [4.69, 9.17) is 4.74 Å². The number of anilines is 1. The Morgan fingerprint density at radius 3 is 2.63 bits per heavy atom. The van der Waals surface area contributed by atoms with Gasteiger partial charge >= 0.3 is 0 Å². The molecule has 0 aliphatic carbocycles. The van der Waals surface area contributed by atoms with Gasteiger partial charge in [-0.05, 0) is 49.2 Å². The summed E-state index contributed by atoms with van der Waals surface area (Å²) in [5.41, 5.74) is 2.95. The Labute approximate surface area is 113 Å². The number of methoxy groups -OCH3 is 1. The van der Waals surface area contributed by atoms with Gasteiger partial charge in [0.05, 0.1) is 12.8 Å². The molecule has 3 heteroatoms. The maximum atomic E-state index is 13.2. The zero-order valence-corrected chi connectivity index (χ0v) is 11.4. The summed E-state index contributed by atoms with van der Waals surface area (Å²) in [5, 5.41) is 3.34. The van der Waals surface area contributed by atoms with Gasteiger partial charge in [0.1, 0.15) is 11.6 Å². The summed E-state index contributed by atoms with van der Waals surface area (Å²) in [6, 6.07) is 12.6. The molecule has 0 saturated carbocycles. The van der Waals surface area contributed by atoms with Crippen molar-refractivity contribution in [2.24, 2.45) is 0 Å². The fourth-order valence-corrected chi connectivity index (χ4v) is 2.01. The molecule has 0 spiro atoms. The number of aryl methyl sites for hydroxylation is 1. The summed E-state index contributed by atoms with van der Waals surface area (Å²) in [5.74, 6) is 0.574. The van der Waals surface area contributed by atoms with Gasteiger partial charge < -0.3 is 10.1 Å². The Balaban J connectivity index is 2.21. The molecule has 0 saturated heterocycles. The predicted molar refractivity (Wildman–Crippen MR) is 76.2 cm³/mol. The maximum absolute atomic E-state index is 13.2. The van der Waals surface area contributed by atoms with Gasteiger partial charge in [-0.15, -0.1) is 0 Å². The van der Waals surface area contributed by atoms with E-state index in [1.54, 1.807) is 19.2 Å². The van der Waals surface area contributed by atoms with Crippen molar-refractivity contribution in [1.29, 1.82) is 0 Å². The van der Waals surface area contributed by atoms with Gasteiger partial charge in [0.15, 0.2) is 0 Å². The number of rotatable bonds is 4. The van der Waals surface area contributed by atoms with Gasteiger partial charge in [0.2, 0.25) is 0 Å². The van der Waals surface area contributed by atoms with Crippen LogP contribution in [-0.4, -0.2) is 7.11 Å². The highest BCUT2D eigenvalue weighted by molar-refractivity contribution is 5.58. The topological polar surface area (TPSA) is 21.3 Å². The minimum Gasteiger partial charge on any atom is -0.495 e. The normalized spacial score (nSPS) is 12.0. The fourth-order valence-electron chi connectivity index (χ4n) is 2.01. The van der Waals surface area contributed by atoms with Crippen molar-refractivity contribution in [3.05, 3.63) is 59.4 Å². The van der Waals surface area contributed by atoms with Crippen LogP contribution in [0.15, 0.2) is 42.5 Å². The summed E-state index contributed by atoms with van der Waals surface area (Å²) in [6.45, 7) is 4.01. The molecule has 1 unspecified atom stereocenters. The molecular formula is C16H18FNO. The van der Waals surface area contributed by atoms with Crippen molar-refractivity contribution in [1.82, 2.24) is 0 Å². The lowest BCUT2D eigenvalue weighted by atomic mass is 10.1. The SMILES string of the molecule is COc1cc(C)ccc1NC(C)c1cccc(F)c1. The Bertz CT molecular complexity index is 568. The number of benzene rings is 2. The van der Waals surface area contributed by atoms with Gasteiger partial charge in [0, 0.05) is 6.04 Å². The van der Waals surface area contributed by atoms with Crippen LogP contribution in [0.3, 0.4) is 0 Å². The Hall–Kier alpha value is -2.03. The van der Waals surface area contributed by atoms with E-state index in [0.717, 1.165) is 22.6 Å². The smallest absolute Gasteiger partial charge is 0.142 e. The number of ether oxygens (including phenoxy) is 1. The first-order valence-corrected chi connectivity index (χ1v) is 6.27. The van der Waals surface area contributed by atoms with Crippen LogP contribution in [0.4, 0.5) is 10.1 Å². The lowest BCUT2D eigenvalue weighted by Crippen LogP contribution is -2.08. The molecule has 1 N–H and O–H groups in total.